The third-order valence-corrected chi connectivity index (χ3v) is 6.40. The minimum atomic E-state index is -0.807. The van der Waals surface area contributed by atoms with Crippen LogP contribution in [-0.4, -0.2) is 74.2 Å². The number of aromatic amines is 2. The summed E-state index contributed by atoms with van der Waals surface area (Å²) in [6.07, 6.45) is 8.59. The summed E-state index contributed by atoms with van der Waals surface area (Å²) in [5.74, 6) is 0.341. The number of nitrogens with zero attached hydrogens (tertiary/aromatic N) is 5. The lowest BCUT2D eigenvalue weighted by atomic mass is 10.0. The molecule has 3 aliphatic heterocycles. The molecule has 11 heteroatoms. The summed E-state index contributed by atoms with van der Waals surface area (Å²) in [7, 11) is 0. The zero-order valence-electron chi connectivity index (χ0n) is 18.7. The topological polar surface area (TPSA) is 127 Å². The molecule has 2 aromatic heterocycles. The highest BCUT2D eigenvalue weighted by Gasteiger charge is 2.42. The Morgan fingerprint density at radius 2 is 2.18 bits per heavy atom. The molecule has 5 heterocycles. The van der Waals surface area contributed by atoms with Gasteiger partial charge in [0.1, 0.15) is 5.69 Å². The molecular weight excluding hydrogens is 434 g/mol. The average molecular weight is 460 g/mol. The second-order valence-corrected chi connectivity index (χ2v) is 8.64. The summed E-state index contributed by atoms with van der Waals surface area (Å²) in [6, 6.07) is 6.23. The summed E-state index contributed by atoms with van der Waals surface area (Å²) in [5.41, 5.74) is 6.90. The van der Waals surface area contributed by atoms with Gasteiger partial charge in [0.2, 0.25) is 0 Å². The van der Waals surface area contributed by atoms with Crippen LogP contribution < -0.4 is 10.7 Å². The first-order chi connectivity index (χ1) is 16.6. The van der Waals surface area contributed by atoms with E-state index in [2.05, 4.69) is 47.9 Å². The zero-order chi connectivity index (χ0) is 23.1. The molecule has 0 aliphatic carbocycles. The van der Waals surface area contributed by atoms with Crippen molar-refractivity contribution in [3.8, 4) is 11.5 Å². The molecule has 0 saturated carbocycles. The van der Waals surface area contributed by atoms with Crippen LogP contribution in [0.3, 0.4) is 0 Å². The third kappa shape index (κ3) is 3.55. The average Bonchev–Trinajstić information content (AvgIpc) is 3.55. The van der Waals surface area contributed by atoms with Gasteiger partial charge in [0.15, 0.2) is 11.5 Å². The summed E-state index contributed by atoms with van der Waals surface area (Å²) in [6.45, 7) is 6.18. The number of carbonyl (C=O) groups is 1. The van der Waals surface area contributed by atoms with Crippen molar-refractivity contribution in [1.82, 2.24) is 35.5 Å². The molecule has 1 unspecified atom stereocenters. The summed E-state index contributed by atoms with van der Waals surface area (Å²) < 4.78 is 5.44. The van der Waals surface area contributed by atoms with Crippen molar-refractivity contribution in [2.24, 2.45) is 4.99 Å². The first-order valence-electron chi connectivity index (χ1n) is 11.2. The highest BCUT2D eigenvalue weighted by Crippen LogP contribution is 2.33. The number of ether oxygens (including phenoxy) is 1. The van der Waals surface area contributed by atoms with Crippen LogP contribution in [0.5, 0.6) is 0 Å². The molecule has 1 fully saturated rings. The SMILES string of the molecule is CC12N=CC=CN1NC=C2C(=O)Nc1cn[nH]c1-c1nc2ccc(CN3CCOCC3)cc2[nH]1. The van der Waals surface area contributed by atoms with Gasteiger partial charge in [0.25, 0.3) is 5.91 Å². The van der Waals surface area contributed by atoms with Crippen LogP contribution in [0.1, 0.15) is 12.5 Å². The number of imidazole rings is 1. The Kier molecular flexibility index (Phi) is 4.93. The maximum absolute atomic E-state index is 13.1. The number of carbonyl (C=O) groups excluding carboxylic acids is 1. The van der Waals surface area contributed by atoms with Crippen molar-refractivity contribution < 1.29 is 9.53 Å². The molecule has 3 aliphatic rings. The maximum atomic E-state index is 13.1. The molecule has 0 spiro atoms. The number of benzene rings is 1. The maximum Gasteiger partial charge on any atom is 0.257 e. The molecule has 6 rings (SSSR count). The molecule has 0 bridgehead atoms. The Balaban J connectivity index is 1.22. The highest BCUT2D eigenvalue weighted by molar-refractivity contribution is 6.07. The quantitative estimate of drug-likeness (QED) is 0.458. The van der Waals surface area contributed by atoms with Gasteiger partial charge >= 0.3 is 0 Å². The van der Waals surface area contributed by atoms with Gasteiger partial charge in [0.05, 0.1) is 41.7 Å². The molecule has 1 aromatic carbocycles. The first-order valence-corrected chi connectivity index (χ1v) is 11.2. The molecule has 1 amide bonds. The normalized spacial score (nSPS) is 22.0. The molecule has 3 aromatic rings. The van der Waals surface area contributed by atoms with Crippen molar-refractivity contribution in [2.75, 3.05) is 31.6 Å². The van der Waals surface area contributed by atoms with E-state index in [-0.39, 0.29) is 5.91 Å². The molecule has 174 valence electrons. The monoisotopic (exact) mass is 459 g/mol. The van der Waals surface area contributed by atoms with Gasteiger partial charge in [-0.25, -0.2) is 4.98 Å². The van der Waals surface area contributed by atoms with Gasteiger partial charge in [-0.1, -0.05) is 6.07 Å². The molecule has 34 heavy (non-hydrogen) atoms. The van der Waals surface area contributed by atoms with E-state index in [4.69, 9.17) is 9.72 Å². The number of rotatable bonds is 5. The minimum Gasteiger partial charge on any atom is -0.379 e. The van der Waals surface area contributed by atoms with Gasteiger partial charge in [-0.15, -0.1) is 0 Å². The highest BCUT2D eigenvalue weighted by atomic mass is 16.5. The smallest absolute Gasteiger partial charge is 0.257 e. The molecule has 0 radical (unpaired) electrons. The van der Waals surface area contributed by atoms with Gasteiger partial charge in [-0.3, -0.25) is 24.8 Å². The summed E-state index contributed by atoms with van der Waals surface area (Å²) in [4.78, 5) is 28.1. The van der Waals surface area contributed by atoms with E-state index in [9.17, 15) is 4.79 Å². The predicted octanol–water partition coefficient (Wildman–Crippen LogP) is 1.74. The number of H-pyrrole nitrogens is 2. The molecule has 1 atom stereocenters. The fourth-order valence-electron chi connectivity index (χ4n) is 4.48. The Morgan fingerprint density at radius 1 is 1.29 bits per heavy atom. The number of amides is 1. The number of aliphatic imine (C=N–C) groups is 1. The van der Waals surface area contributed by atoms with Gasteiger partial charge in [-0.05, 0) is 30.7 Å². The number of allylic oxidation sites excluding steroid dienone is 1. The molecule has 4 N–H and O–H groups in total. The number of fused-ring (bicyclic) bond motifs is 2. The molecular formula is C23H25N9O2. The Hall–Kier alpha value is -3.96. The fourth-order valence-corrected chi connectivity index (χ4v) is 4.48. The fraction of sp³-hybridized carbons (Fsp3) is 0.304. The Bertz CT molecular complexity index is 1330. The first kappa shape index (κ1) is 20.6. The van der Waals surface area contributed by atoms with Crippen LogP contribution in [0.25, 0.3) is 22.6 Å². The minimum absolute atomic E-state index is 0.267. The zero-order valence-corrected chi connectivity index (χ0v) is 18.7. The van der Waals surface area contributed by atoms with Crippen LogP contribution >= 0.6 is 0 Å². The summed E-state index contributed by atoms with van der Waals surface area (Å²) >= 11 is 0. The predicted molar refractivity (Wildman–Crippen MR) is 127 cm³/mol. The van der Waals surface area contributed by atoms with E-state index in [1.54, 1.807) is 23.6 Å². The number of anilines is 1. The Labute approximate surface area is 195 Å². The lowest BCUT2D eigenvalue weighted by Crippen LogP contribution is -2.46. The Morgan fingerprint density at radius 3 is 3.06 bits per heavy atom. The van der Waals surface area contributed by atoms with E-state index < -0.39 is 5.66 Å². The second-order valence-electron chi connectivity index (χ2n) is 8.64. The van der Waals surface area contributed by atoms with Gasteiger partial charge in [-0.2, -0.15) is 5.10 Å². The number of aromatic nitrogens is 4. The number of hydrogen-bond donors (Lipinski definition) is 4. The third-order valence-electron chi connectivity index (χ3n) is 6.40. The van der Waals surface area contributed by atoms with E-state index in [0.717, 1.165) is 43.9 Å². The van der Waals surface area contributed by atoms with Crippen molar-refractivity contribution in [3.63, 3.8) is 0 Å². The van der Waals surface area contributed by atoms with Crippen LogP contribution in [-0.2, 0) is 16.1 Å². The van der Waals surface area contributed by atoms with Crippen molar-refractivity contribution >= 4 is 28.8 Å². The van der Waals surface area contributed by atoms with Gasteiger partial charge < -0.3 is 20.5 Å². The van der Waals surface area contributed by atoms with E-state index in [1.165, 1.54) is 5.56 Å². The van der Waals surface area contributed by atoms with Crippen molar-refractivity contribution in [3.05, 3.63) is 54.0 Å². The number of nitrogens with one attached hydrogen (secondary N) is 4. The second kappa shape index (κ2) is 8.12. The van der Waals surface area contributed by atoms with Crippen molar-refractivity contribution in [2.45, 2.75) is 19.1 Å². The van der Waals surface area contributed by atoms with Crippen LogP contribution in [0, 0.1) is 0 Å². The van der Waals surface area contributed by atoms with E-state index in [1.807, 2.05) is 25.3 Å². The number of hydrogen-bond acceptors (Lipinski definition) is 8. The number of morpholine rings is 1. The summed E-state index contributed by atoms with van der Waals surface area (Å²) in [5, 5.41) is 11.8. The lowest BCUT2D eigenvalue weighted by molar-refractivity contribution is -0.113. The van der Waals surface area contributed by atoms with Gasteiger partial charge in [0, 0.05) is 38.2 Å². The van der Waals surface area contributed by atoms with Crippen LogP contribution in [0.4, 0.5) is 5.69 Å². The molecule has 11 nitrogen and oxygen atoms in total. The lowest BCUT2D eigenvalue weighted by Gasteiger charge is -2.33. The van der Waals surface area contributed by atoms with Crippen LogP contribution in [0.15, 0.2) is 53.4 Å². The van der Waals surface area contributed by atoms with Crippen LogP contribution in [0.2, 0.25) is 0 Å². The van der Waals surface area contributed by atoms with E-state index in [0.29, 0.717) is 22.8 Å². The van der Waals surface area contributed by atoms with Crippen molar-refractivity contribution in [1.29, 1.82) is 0 Å². The van der Waals surface area contributed by atoms with E-state index >= 15 is 0 Å². The standard InChI is InChI=1S/C23H25N9O2/c1-23-16(12-26-32(23)6-2-5-24-23)22(33)29-19-13-25-30-20(19)21-27-17-4-3-15(11-18(17)28-21)14-31-7-9-34-10-8-31/h2-6,11-13,26H,7-10,14H2,1H3,(H,25,30)(H,27,28)(H,29,33). The largest absolute Gasteiger partial charge is 0.379 e. The number of hydrazine groups is 1. The molecule has 1 saturated heterocycles.